The van der Waals surface area contributed by atoms with Gasteiger partial charge in [-0.3, -0.25) is 4.68 Å². The third-order valence-electron chi connectivity index (χ3n) is 4.33. The number of unbranched alkanes of at least 4 members (excludes halogenated alkanes) is 3. The van der Waals surface area contributed by atoms with Crippen LogP contribution in [0.3, 0.4) is 0 Å². The van der Waals surface area contributed by atoms with Crippen molar-refractivity contribution in [2.45, 2.75) is 91.1 Å². The second-order valence-corrected chi connectivity index (χ2v) is 6.07. The number of aromatic nitrogens is 2. The van der Waals surface area contributed by atoms with Crippen molar-refractivity contribution in [2.75, 3.05) is 6.54 Å². The Balaban J connectivity index is 2.50. The van der Waals surface area contributed by atoms with E-state index < -0.39 is 0 Å². The summed E-state index contributed by atoms with van der Waals surface area (Å²) in [5.41, 5.74) is 1.24. The van der Waals surface area contributed by atoms with Gasteiger partial charge < -0.3 is 5.32 Å². The Labute approximate surface area is 131 Å². The number of nitrogens with one attached hydrogen (secondary N) is 1. The molecule has 3 heteroatoms. The maximum absolute atomic E-state index is 4.80. The lowest BCUT2D eigenvalue weighted by atomic mass is 10.0. The molecule has 0 saturated carbocycles. The maximum Gasteiger partial charge on any atom is 0.0640 e. The van der Waals surface area contributed by atoms with Crippen LogP contribution in [-0.2, 0) is 6.42 Å². The van der Waals surface area contributed by atoms with Gasteiger partial charge in [0.05, 0.1) is 11.7 Å². The Hall–Kier alpha value is -0.830. The molecule has 1 atom stereocenters. The second kappa shape index (κ2) is 10.8. The van der Waals surface area contributed by atoms with Crippen molar-refractivity contribution < 1.29 is 0 Å². The van der Waals surface area contributed by atoms with Crippen LogP contribution in [0.1, 0.15) is 84.4 Å². The smallest absolute Gasteiger partial charge is 0.0640 e. The highest BCUT2D eigenvalue weighted by molar-refractivity contribution is 5.02. The summed E-state index contributed by atoms with van der Waals surface area (Å²) in [5, 5.41) is 8.42. The zero-order chi connectivity index (χ0) is 15.5. The van der Waals surface area contributed by atoms with Gasteiger partial charge in [0.2, 0.25) is 0 Å². The lowest BCUT2D eigenvalue weighted by Crippen LogP contribution is -2.31. The summed E-state index contributed by atoms with van der Waals surface area (Å²) >= 11 is 0. The van der Waals surface area contributed by atoms with Gasteiger partial charge in [-0.15, -0.1) is 0 Å². The number of hydrogen-bond donors (Lipinski definition) is 1. The normalized spacial score (nSPS) is 13.0. The predicted molar refractivity (Wildman–Crippen MR) is 91.8 cm³/mol. The molecule has 21 heavy (non-hydrogen) atoms. The van der Waals surface area contributed by atoms with E-state index in [4.69, 9.17) is 5.10 Å². The number of rotatable bonds is 12. The first-order valence-corrected chi connectivity index (χ1v) is 9.02. The Morgan fingerprint density at radius 3 is 2.48 bits per heavy atom. The summed E-state index contributed by atoms with van der Waals surface area (Å²) in [6.45, 7) is 10.00. The van der Waals surface area contributed by atoms with Gasteiger partial charge in [-0.25, -0.2) is 0 Å². The molecule has 0 spiro atoms. The molecule has 0 aliphatic rings. The fraction of sp³-hybridized carbons (Fsp3) is 0.833. The average molecular weight is 293 g/mol. The third-order valence-corrected chi connectivity index (χ3v) is 4.33. The fourth-order valence-corrected chi connectivity index (χ4v) is 2.99. The zero-order valence-corrected chi connectivity index (χ0v) is 14.6. The van der Waals surface area contributed by atoms with Gasteiger partial charge >= 0.3 is 0 Å². The molecule has 0 fully saturated rings. The Morgan fingerprint density at radius 2 is 1.86 bits per heavy atom. The summed E-state index contributed by atoms with van der Waals surface area (Å²) in [7, 11) is 0. The van der Waals surface area contributed by atoms with Crippen LogP contribution in [0.5, 0.6) is 0 Å². The minimum absolute atomic E-state index is 0.556. The van der Waals surface area contributed by atoms with E-state index in [2.05, 4.69) is 50.0 Å². The molecule has 0 bridgehead atoms. The van der Waals surface area contributed by atoms with Crippen molar-refractivity contribution in [1.29, 1.82) is 0 Å². The standard InChI is InChI=1S/C18H35N3/c1-5-9-10-11-12-16(19-8-4)15-17-13-14-21(20-17)18(6-2)7-3/h13-14,16,18-19H,5-12,15H2,1-4H3. The summed E-state index contributed by atoms with van der Waals surface area (Å²) < 4.78 is 2.16. The van der Waals surface area contributed by atoms with Crippen molar-refractivity contribution >= 4 is 0 Å². The molecule has 1 unspecified atom stereocenters. The molecular formula is C18H35N3. The van der Waals surface area contributed by atoms with Crippen molar-refractivity contribution in [3.8, 4) is 0 Å². The first kappa shape index (κ1) is 18.2. The quantitative estimate of drug-likeness (QED) is 0.564. The van der Waals surface area contributed by atoms with Crippen molar-refractivity contribution in [1.82, 2.24) is 15.1 Å². The van der Waals surface area contributed by atoms with Gasteiger partial charge in [-0.05, 0) is 31.9 Å². The van der Waals surface area contributed by atoms with Crippen molar-refractivity contribution in [2.24, 2.45) is 0 Å². The summed E-state index contributed by atoms with van der Waals surface area (Å²) in [6, 6.07) is 3.34. The molecule has 0 aliphatic heterocycles. The Bertz CT molecular complexity index is 355. The van der Waals surface area contributed by atoms with Crippen LogP contribution in [0.15, 0.2) is 12.3 Å². The molecule has 3 nitrogen and oxygen atoms in total. The largest absolute Gasteiger partial charge is 0.314 e. The topological polar surface area (TPSA) is 29.9 Å². The van der Waals surface area contributed by atoms with E-state index in [-0.39, 0.29) is 0 Å². The fourth-order valence-electron chi connectivity index (χ4n) is 2.99. The van der Waals surface area contributed by atoms with E-state index in [1.165, 1.54) is 37.8 Å². The molecule has 1 rings (SSSR count). The van der Waals surface area contributed by atoms with Gasteiger partial charge in [0.15, 0.2) is 0 Å². The lowest BCUT2D eigenvalue weighted by Gasteiger charge is -2.17. The molecule has 0 amide bonds. The predicted octanol–water partition coefficient (Wildman–Crippen LogP) is 4.74. The molecule has 0 radical (unpaired) electrons. The molecule has 1 N–H and O–H groups in total. The van der Waals surface area contributed by atoms with Crippen molar-refractivity contribution in [3.63, 3.8) is 0 Å². The second-order valence-electron chi connectivity index (χ2n) is 6.07. The van der Waals surface area contributed by atoms with E-state index >= 15 is 0 Å². The van der Waals surface area contributed by atoms with E-state index in [0.717, 1.165) is 25.8 Å². The lowest BCUT2D eigenvalue weighted by molar-refractivity contribution is 0.417. The Morgan fingerprint density at radius 1 is 1.10 bits per heavy atom. The third kappa shape index (κ3) is 6.64. The maximum atomic E-state index is 4.80. The minimum atomic E-state index is 0.556. The van der Waals surface area contributed by atoms with Gasteiger partial charge in [-0.1, -0.05) is 53.4 Å². The van der Waals surface area contributed by atoms with Crippen LogP contribution < -0.4 is 5.32 Å². The van der Waals surface area contributed by atoms with Crippen LogP contribution >= 0.6 is 0 Å². The van der Waals surface area contributed by atoms with Crippen LogP contribution in [0.25, 0.3) is 0 Å². The molecule has 0 aromatic carbocycles. The van der Waals surface area contributed by atoms with E-state index in [0.29, 0.717) is 12.1 Å². The van der Waals surface area contributed by atoms with Gasteiger partial charge in [0.1, 0.15) is 0 Å². The highest BCUT2D eigenvalue weighted by Crippen LogP contribution is 2.16. The molecule has 0 aliphatic carbocycles. The molecule has 1 aromatic heterocycles. The van der Waals surface area contributed by atoms with Crippen LogP contribution in [0.4, 0.5) is 0 Å². The number of nitrogens with zero attached hydrogens (tertiary/aromatic N) is 2. The molecular weight excluding hydrogens is 258 g/mol. The number of likely N-dealkylation sites (N-methyl/N-ethyl adjacent to an activating group) is 1. The first-order valence-electron chi connectivity index (χ1n) is 9.02. The zero-order valence-electron chi connectivity index (χ0n) is 14.6. The molecule has 1 heterocycles. The summed E-state index contributed by atoms with van der Waals surface area (Å²) in [4.78, 5) is 0. The number of hydrogen-bond acceptors (Lipinski definition) is 2. The van der Waals surface area contributed by atoms with E-state index in [1.807, 2.05) is 0 Å². The average Bonchev–Trinajstić information content (AvgIpc) is 2.93. The molecule has 122 valence electrons. The summed E-state index contributed by atoms with van der Waals surface area (Å²) in [6.07, 6.45) is 12.2. The minimum Gasteiger partial charge on any atom is -0.314 e. The van der Waals surface area contributed by atoms with Crippen LogP contribution in [0.2, 0.25) is 0 Å². The van der Waals surface area contributed by atoms with Gasteiger partial charge in [0.25, 0.3) is 0 Å². The van der Waals surface area contributed by atoms with E-state index in [9.17, 15) is 0 Å². The van der Waals surface area contributed by atoms with Crippen LogP contribution in [-0.4, -0.2) is 22.4 Å². The first-order chi connectivity index (χ1) is 10.2. The highest BCUT2D eigenvalue weighted by atomic mass is 15.3. The van der Waals surface area contributed by atoms with Crippen LogP contribution in [0, 0.1) is 0 Å². The summed E-state index contributed by atoms with van der Waals surface area (Å²) in [5.74, 6) is 0. The SMILES string of the molecule is CCCCCCC(Cc1ccn(C(CC)CC)n1)NCC. The highest BCUT2D eigenvalue weighted by Gasteiger charge is 2.12. The van der Waals surface area contributed by atoms with Crippen molar-refractivity contribution in [3.05, 3.63) is 18.0 Å². The Kier molecular flexibility index (Phi) is 9.40. The van der Waals surface area contributed by atoms with Gasteiger partial charge in [-0.2, -0.15) is 5.10 Å². The molecule has 1 aromatic rings. The van der Waals surface area contributed by atoms with E-state index in [1.54, 1.807) is 0 Å². The molecule has 0 saturated heterocycles. The van der Waals surface area contributed by atoms with Gasteiger partial charge in [0, 0.05) is 18.7 Å². The monoisotopic (exact) mass is 293 g/mol.